The molecule has 0 bridgehead atoms. The normalized spacial score (nSPS) is 15.5. The lowest BCUT2D eigenvalue weighted by molar-refractivity contribution is 0.289. The molecule has 1 aliphatic carbocycles. The summed E-state index contributed by atoms with van der Waals surface area (Å²) in [5.74, 6) is -4.06. The maximum atomic E-state index is 14.9. The van der Waals surface area contributed by atoms with E-state index in [4.69, 9.17) is 4.74 Å². The van der Waals surface area contributed by atoms with E-state index in [9.17, 15) is 22.0 Å². The number of rotatable bonds is 9. The molecule has 0 fully saturated rings. The van der Waals surface area contributed by atoms with Crippen LogP contribution in [0.4, 0.5) is 22.0 Å². The van der Waals surface area contributed by atoms with E-state index >= 15 is 0 Å². The van der Waals surface area contributed by atoms with Crippen LogP contribution in [-0.4, -0.2) is 6.61 Å². The first-order chi connectivity index (χ1) is 17.8. The van der Waals surface area contributed by atoms with Gasteiger partial charge in [-0.2, -0.15) is 4.39 Å². The van der Waals surface area contributed by atoms with Crippen LogP contribution in [0.2, 0.25) is 0 Å². The Labute approximate surface area is 215 Å². The van der Waals surface area contributed by atoms with Crippen molar-refractivity contribution in [1.82, 2.24) is 0 Å². The maximum absolute atomic E-state index is 14.9. The number of aryl methyl sites for hydroxylation is 2. The Hall–Kier alpha value is -3.15. The topological polar surface area (TPSA) is 9.23 Å². The van der Waals surface area contributed by atoms with Gasteiger partial charge < -0.3 is 4.74 Å². The summed E-state index contributed by atoms with van der Waals surface area (Å²) in [6.45, 7) is 3.81. The third kappa shape index (κ3) is 6.06. The molecule has 0 amide bonds. The molecule has 0 saturated carbocycles. The zero-order chi connectivity index (χ0) is 26.5. The molecular formula is C31H31F5O. The van der Waals surface area contributed by atoms with Crippen molar-refractivity contribution in [3.63, 3.8) is 0 Å². The van der Waals surface area contributed by atoms with Gasteiger partial charge in [-0.15, -0.1) is 0 Å². The van der Waals surface area contributed by atoms with Gasteiger partial charge in [-0.1, -0.05) is 43.7 Å². The van der Waals surface area contributed by atoms with Gasteiger partial charge in [-0.05, 0) is 91.8 Å². The van der Waals surface area contributed by atoms with Gasteiger partial charge >= 0.3 is 0 Å². The molecule has 0 saturated heterocycles. The summed E-state index contributed by atoms with van der Waals surface area (Å²) in [5.41, 5.74) is 2.15. The fraction of sp³-hybridized carbons (Fsp3) is 0.355. The number of ether oxygens (including phenoxy) is 1. The molecule has 0 aromatic heterocycles. The van der Waals surface area contributed by atoms with E-state index in [0.29, 0.717) is 42.9 Å². The predicted molar refractivity (Wildman–Crippen MR) is 137 cm³/mol. The highest BCUT2D eigenvalue weighted by molar-refractivity contribution is 5.67. The monoisotopic (exact) mass is 514 g/mol. The smallest absolute Gasteiger partial charge is 0.201 e. The van der Waals surface area contributed by atoms with E-state index in [1.165, 1.54) is 25.1 Å². The summed E-state index contributed by atoms with van der Waals surface area (Å²) < 4.78 is 77.6. The second kappa shape index (κ2) is 11.9. The van der Waals surface area contributed by atoms with Crippen LogP contribution in [0.25, 0.3) is 16.7 Å². The van der Waals surface area contributed by atoms with Crippen molar-refractivity contribution in [2.75, 3.05) is 6.61 Å². The van der Waals surface area contributed by atoms with Crippen LogP contribution in [0.3, 0.4) is 0 Å². The average Bonchev–Trinajstić information content (AvgIpc) is 2.90. The highest BCUT2D eigenvalue weighted by Crippen LogP contribution is 2.35. The van der Waals surface area contributed by atoms with Crippen LogP contribution in [0.5, 0.6) is 5.75 Å². The number of hydrogen-bond acceptors (Lipinski definition) is 1. The number of allylic oxidation sites excluding steroid dienone is 2. The minimum Gasteiger partial charge on any atom is -0.490 e. The van der Waals surface area contributed by atoms with E-state index in [0.717, 1.165) is 31.3 Å². The van der Waals surface area contributed by atoms with Gasteiger partial charge in [0.05, 0.1) is 6.61 Å². The molecule has 0 aliphatic heterocycles. The van der Waals surface area contributed by atoms with Crippen LogP contribution in [0.15, 0.2) is 48.5 Å². The molecule has 1 nitrogen and oxygen atoms in total. The summed E-state index contributed by atoms with van der Waals surface area (Å²) in [6.07, 6.45) is 6.94. The summed E-state index contributed by atoms with van der Waals surface area (Å²) in [5, 5.41) is 0. The Morgan fingerprint density at radius 1 is 0.865 bits per heavy atom. The Morgan fingerprint density at radius 2 is 1.62 bits per heavy atom. The minimum absolute atomic E-state index is 0.0180. The second-order valence-corrected chi connectivity index (χ2v) is 9.71. The first kappa shape index (κ1) is 26.9. The van der Waals surface area contributed by atoms with Gasteiger partial charge in [0.1, 0.15) is 5.82 Å². The lowest BCUT2D eigenvalue weighted by Gasteiger charge is -2.23. The molecule has 0 heterocycles. The van der Waals surface area contributed by atoms with Crippen molar-refractivity contribution in [3.05, 3.63) is 94.3 Å². The zero-order valence-corrected chi connectivity index (χ0v) is 21.2. The SMILES string of the molecule is CCCCOc1ccc(-c2ccc(CCC3CC=C(c4ccc(C)c(F)c4F)CC3)c(F)c2)c(F)c1F. The highest BCUT2D eigenvalue weighted by Gasteiger charge is 2.21. The van der Waals surface area contributed by atoms with Gasteiger partial charge in [-0.25, -0.2) is 17.6 Å². The maximum Gasteiger partial charge on any atom is 0.201 e. The van der Waals surface area contributed by atoms with Gasteiger partial charge in [0.25, 0.3) is 0 Å². The molecule has 0 radical (unpaired) electrons. The van der Waals surface area contributed by atoms with Gasteiger partial charge in [0, 0.05) is 11.1 Å². The Morgan fingerprint density at radius 3 is 2.32 bits per heavy atom. The molecule has 196 valence electrons. The highest BCUT2D eigenvalue weighted by atomic mass is 19.2. The zero-order valence-electron chi connectivity index (χ0n) is 21.2. The van der Waals surface area contributed by atoms with E-state index in [1.807, 2.05) is 13.0 Å². The quantitative estimate of drug-likeness (QED) is 0.204. The van der Waals surface area contributed by atoms with Gasteiger partial charge in [0.15, 0.2) is 23.2 Å². The number of benzene rings is 3. The number of hydrogen-bond donors (Lipinski definition) is 0. The summed E-state index contributed by atoms with van der Waals surface area (Å²) in [7, 11) is 0. The third-order valence-corrected chi connectivity index (χ3v) is 7.13. The van der Waals surface area contributed by atoms with Crippen LogP contribution < -0.4 is 4.74 Å². The Bertz CT molecular complexity index is 1300. The minimum atomic E-state index is -1.07. The molecule has 1 aliphatic rings. The van der Waals surface area contributed by atoms with E-state index < -0.39 is 29.1 Å². The average molecular weight is 515 g/mol. The molecule has 6 heteroatoms. The summed E-state index contributed by atoms with van der Waals surface area (Å²) in [6, 6.07) is 10.4. The van der Waals surface area contributed by atoms with Crippen LogP contribution >= 0.6 is 0 Å². The first-order valence-electron chi connectivity index (χ1n) is 12.8. The van der Waals surface area contributed by atoms with Crippen molar-refractivity contribution >= 4 is 5.57 Å². The fourth-order valence-corrected chi connectivity index (χ4v) is 4.76. The molecule has 3 aromatic carbocycles. The Kier molecular flexibility index (Phi) is 8.67. The lowest BCUT2D eigenvalue weighted by atomic mass is 9.83. The molecular weight excluding hydrogens is 483 g/mol. The number of halogens is 5. The largest absolute Gasteiger partial charge is 0.490 e. The molecule has 3 aromatic rings. The Balaban J connectivity index is 1.39. The molecule has 1 unspecified atom stereocenters. The fourth-order valence-electron chi connectivity index (χ4n) is 4.76. The molecule has 0 spiro atoms. The third-order valence-electron chi connectivity index (χ3n) is 7.13. The van der Waals surface area contributed by atoms with Crippen molar-refractivity contribution in [2.24, 2.45) is 5.92 Å². The lowest BCUT2D eigenvalue weighted by Crippen LogP contribution is -2.08. The predicted octanol–water partition coefficient (Wildman–Crippen LogP) is 9.35. The van der Waals surface area contributed by atoms with Crippen LogP contribution in [0, 0.1) is 41.9 Å². The van der Waals surface area contributed by atoms with E-state index in [-0.39, 0.29) is 22.4 Å². The first-order valence-corrected chi connectivity index (χ1v) is 12.8. The summed E-state index contributed by atoms with van der Waals surface area (Å²) in [4.78, 5) is 0. The van der Waals surface area contributed by atoms with Crippen LogP contribution in [0.1, 0.15) is 62.1 Å². The standard InChI is InChI=1S/C31H31F5O/c1-3-4-17-37-27-16-15-25(30(35)31(27)36)23-13-12-22(26(32)18-23)11-8-20-6-9-21(10-7-20)24-14-5-19(2)28(33)29(24)34/h5,9,12-16,18,20H,3-4,6-8,10-11,17H2,1-2H3. The van der Waals surface area contributed by atoms with Crippen molar-refractivity contribution in [3.8, 4) is 16.9 Å². The molecule has 1 atom stereocenters. The van der Waals surface area contributed by atoms with Crippen molar-refractivity contribution in [2.45, 2.75) is 58.8 Å². The van der Waals surface area contributed by atoms with Crippen LogP contribution in [-0.2, 0) is 6.42 Å². The molecule has 0 N–H and O–H groups in total. The molecule has 4 rings (SSSR count). The molecule has 37 heavy (non-hydrogen) atoms. The summed E-state index contributed by atoms with van der Waals surface area (Å²) >= 11 is 0. The van der Waals surface area contributed by atoms with E-state index in [1.54, 1.807) is 24.3 Å². The number of unbranched alkanes of at least 4 members (excludes halogenated alkanes) is 1. The van der Waals surface area contributed by atoms with Gasteiger partial charge in [-0.3, -0.25) is 0 Å². The van der Waals surface area contributed by atoms with Gasteiger partial charge in [0.2, 0.25) is 5.82 Å². The van der Waals surface area contributed by atoms with Crippen molar-refractivity contribution in [1.29, 1.82) is 0 Å². The second-order valence-electron chi connectivity index (χ2n) is 9.71. The van der Waals surface area contributed by atoms with Crippen molar-refractivity contribution < 1.29 is 26.7 Å². The van der Waals surface area contributed by atoms with E-state index in [2.05, 4.69) is 0 Å².